The zero-order valence-corrected chi connectivity index (χ0v) is 11.0. The van der Waals surface area contributed by atoms with E-state index >= 15 is 0 Å². The van der Waals surface area contributed by atoms with E-state index in [1.54, 1.807) is 9.80 Å². The molecule has 0 aliphatic carbocycles. The molecule has 0 aromatic rings. The van der Waals surface area contributed by atoms with E-state index in [9.17, 15) is 14.4 Å². The van der Waals surface area contributed by atoms with Crippen molar-refractivity contribution in [3.8, 4) is 0 Å². The van der Waals surface area contributed by atoms with E-state index in [0.29, 0.717) is 44.7 Å². The van der Waals surface area contributed by atoms with Crippen molar-refractivity contribution in [1.82, 2.24) is 15.2 Å². The molecule has 1 saturated heterocycles. The number of carbonyl (C=O) groups excluding carboxylic acids is 3. The first-order valence-electron chi connectivity index (χ1n) is 6.48. The molecule has 0 aromatic heterocycles. The summed E-state index contributed by atoms with van der Waals surface area (Å²) < 4.78 is 0. The van der Waals surface area contributed by atoms with Gasteiger partial charge in [-0.25, -0.2) is 5.43 Å². The Morgan fingerprint density at radius 2 is 1.79 bits per heavy atom. The Labute approximate surface area is 111 Å². The summed E-state index contributed by atoms with van der Waals surface area (Å²) in [6, 6.07) is 0. The molecule has 19 heavy (non-hydrogen) atoms. The maximum atomic E-state index is 12.2. The minimum absolute atomic E-state index is 0.0385. The molecule has 2 heterocycles. The number of rotatable bonds is 1. The zero-order chi connectivity index (χ0) is 13.8. The maximum absolute atomic E-state index is 12.2. The van der Waals surface area contributed by atoms with Crippen LogP contribution in [0.3, 0.4) is 0 Å². The van der Waals surface area contributed by atoms with Gasteiger partial charge >= 0.3 is 0 Å². The second kappa shape index (κ2) is 5.81. The SMILES string of the molecule is CC(=O)N1CCCN(C(=O)C2=NNC(=O)CC2)CC1. The molecule has 3 amide bonds. The lowest BCUT2D eigenvalue weighted by molar-refractivity contribution is -0.129. The van der Waals surface area contributed by atoms with Crippen molar-refractivity contribution in [3.05, 3.63) is 0 Å². The Morgan fingerprint density at radius 1 is 1.11 bits per heavy atom. The van der Waals surface area contributed by atoms with E-state index in [2.05, 4.69) is 10.5 Å². The second-order valence-corrected chi connectivity index (χ2v) is 4.75. The second-order valence-electron chi connectivity index (χ2n) is 4.75. The van der Waals surface area contributed by atoms with Crippen LogP contribution in [0.2, 0.25) is 0 Å². The van der Waals surface area contributed by atoms with E-state index in [-0.39, 0.29) is 17.7 Å². The van der Waals surface area contributed by atoms with E-state index in [0.717, 1.165) is 6.42 Å². The Bertz CT molecular complexity index is 433. The summed E-state index contributed by atoms with van der Waals surface area (Å²) in [5.74, 6) is -0.253. The number of nitrogens with one attached hydrogen (secondary N) is 1. The van der Waals surface area contributed by atoms with Gasteiger partial charge in [0.1, 0.15) is 5.71 Å². The molecule has 7 nitrogen and oxygen atoms in total. The van der Waals surface area contributed by atoms with Crippen LogP contribution in [0.5, 0.6) is 0 Å². The van der Waals surface area contributed by atoms with Gasteiger partial charge in [-0.1, -0.05) is 0 Å². The summed E-state index contributed by atoms with van der Waals surface area (Å²) >= 11 is 0. The minimum Gasteiger partial charge on any atom is -0.341 e. The minimum atomic E-state index is -0.157. The highest BCUT2D eigenvalue weighted by atomic mass is 16.2. The number of nitrogens with zero attached hydrogens (tertiary/aromatic N) is 3. The van der Waals surface area contributed by atoms with Crippen molar-refractivity contribution >= 4 is 23.4 Å². The van der Waals surface area contributed by atoms with Gasteiger partial charge in [-0.05, 0) is 6.42 Å². The molecule has 104 valence electrons. The van der Waals surface area contributed by atoms with Gasteiger partial charge in [-0.3, -0.25) is 14.4 Å². The third kappa shape index (κ3) is 3.30. The van der Waals surface area contributed by atoms with Gasteiger partial charge in [0.05, 0.1) is 0 Å². The molecule has 0 saturated carbocycles. The molecule has 0 unspecified atom stereocenters. The van der Waals surface area contributed by atoms with Crippen LogP contribution in [0.25, 0.3) is 0 Å². The first-order valence-corrected chi connectivity index (χ1v) is 6.48. The number of hydrogen-bond donors (Lipinski definition) is 1. The Kier molecular flexibility index (Phi) is 4.13. The molecule has 0 atom stereocenters. The summed E-state index contributed by atoms with van der Waals surface area (Å²) in [4.78, 5) is 38.0. The first kappa shape index (κ1) is 13.5. The van der Waals surface area contributed by atoms with Crippen molar-refractivity contribution in [3.63, 3.8) is 0 Å². The van der Waals surface area contributed by atoms with E-state index in [1.807, 2.05) is 0 Å². The van der Waals surface area contributed by atoms with Crippen molar-refractivity contribution in [2.45, 2.75) is 26.2 Å². The predicted molar refractivity (Wildman–Crippen MR) is 68.3 cm³/mol. The highest BCUT2D eigenvalue weighted by molar-refractivity contribution is 6.39. The number of hydrogen-bond acceptors (Lipinski definition) is 4. The van der Waals surface area contributed by atoms with Crippen LogP contribution >= 0.6 is 0 Å². The first-order chi connectivity index (χ1) is 9.08. The third-order valence-corrected chi connectivity index (χ3v) is 3.38. The largest absolute Gasteiger partial charge is 0.341 e. The van der Waals surface area contributed by atoms with Crippen LogP contribution in [0, 0.1) is 0 Å². The number of amides is 3. The van der Waals surface area contributed by atoms with Gasteiger partial charge in [0.25, 0.3) is 5.91 Å². The van der Waals surface area contributed by atoms with Crippen LogP contribution in [0.4, 0.5) is 0 Å². The van der Waals surface area contributed by atoms with Gasteiger partial charge in [0.2, 0.25) is 11.8 Å². The molecule has 0 bridgehead atoms. The van der Waals surface area contributed by atoms with Crippen LogP contribution in [-0.4, -0.2) is 59.4 Å². The highest BCUT2D eigenvalue weighted by Gasteiger charge is 2.25. The van der Waals surface area contributed by atoms with Crippen molar-refractivity contribution in [1.29, 1.82) is 0 Å². The lowest BCUT2D eigenvalue weighted by atomic mass is 10.1. The molecule has 2 rings (SSSR count). The molecule has 2 aliphatic heterocycles. The van der Waals surface area contributed by atoms with Crippen molar-refractivity contribution < 1.29 is 14.4 Å². The topological polar surface area (TPSA) is 82.1 Å². The average Bonchev–Trinajstić information content (AvgIpc) is 2.64. The van der Waals surface area contributed by atoms with Gasteiger partial charge < -0.3 is 9.80 Å². The van der Waals surface area contributed by atoms with E-state index in [4.69, 9.17) is 0 Å². The van der Waals surface area contributed by atoms with E-state index in [1.165, 1.54) is 6.92 Å². The van der Waals surface area contributed by atoms with Crippen molar-refractivity contribution in [2.24, 2.45) is 5.10 Å². The molecule has 2 aliphatic rings. The van der Waals surface area contributed by atoms with Gasteiger partial charge in [-0.2, -0.15) is 5.10 Å². The van der Waals surface area contributed by atoms with Gasteiger partial charge in [-0.15, -0.1) is 0 Å². The molecule has 1 N–H and O–H groups in total. The maximum Gasteiger partial charge on any atom is 0.270 e. The summed E-state index contributed by atoms with van der Waals surface area (Å²) in [6.45, 7) is 3.92. The molecule has 0 radical (unpaired) electrons. The highest BCUT2D eigenvalue weighted by Crippen LogP contribution is 2.08. The molecule has 0 spiro atoms. The van der Waals surface area contributed by atoms with Crippen LogP contribution in [-0.2, 0) is 14.4 Å². The van der Waals surface area contributed by atoms with Gasteiger partial charge in [0, 0.05) is 45.9 Å². The lowest BCUT2D eigenvalue weighted by Gasteiger charge is -2.23. The molecule has 0 aromatic carbocycles. The van der Waals surface area contributed by atoms with Crippen LogP contribution in [0.1, 0.15) is 26.2 Å². The zero-order valence-electron chi connectivity index (χ0n) is 11.0. The van der Waals surface area contributed by atoms with Gasteiger partial charge in [0.15, 0.2) is 0 Å². The Balaban J connectivity index is 1.96. The fourth-order valence-electron chi connectivity index (χ4n) is 2.25. The number of hydrazone groups is 1. The Morgan fingerprint density at radius 3 is 2.42 bits per heavy atom. The summed E-state index contributed by atoms with van der Waals surface area (Å²) in [7, 11) is 0. The quantitative estimate of drug-likeness (QED) is 0.683. The monoisotopic (exact) mass is 266 g/mol. The fraction of sp³-hybridized carbons (Fsp3) is 0.667. The standard InChI is InChI=1S/C12H18N4O3/c1-9(17)15-5-2-6-16(8-7-15)12(19)10-3-4-11(18)14-13-10/h2-8H2,1H3,(H,14,18). The summed E-state index contributed by atoms with van der Waals surface area (Å²) in [5.41, 5.74) is 2.73. The average molecular weight is 266 g/mol. The van der Waals surface area contributed by atoms with Crippen LogP contribution in [0.15, 0.2) is 5.10 Å². The molecule has 7 heteroatoms. The van der Waals surface area contributed by atoms with E-state index < -0.39 is 0 Å². The predicted octanol–water partition coefficient (Wildman–Crippen LogP) is -0.667. The van der Waals surface area contributed by atoms with Crippen LogP contribution < -0.4 is 5.43 Å². The van der Waals surface area contributed by atoms with Crippen molar-refractivity contribution in [2.75, 3.05) is 26.2 Å². The summed E-state index contributed by atoms with van der Waals surface area (Å²) in [5, 5.41) is 3.82. The molecule has 1 fully saturated rings. The summed E-state index contributed by atoms with van der Waals surface area (Å²) in [6.07, 6.45) is 1.46. The Hall–Kier alpha value is -1.92. The number of carbonyl (C=O) groups is 3. The fourth-order valence-corrected chi connectivity index (χ4v) is 2.25. The molecular formula is C12H18N4O3. The lowest BCUT2D eigenvalue weighted by Crippen LogP contribution is -2.42. The normalized spacial score (nSPS) is 20.5. The third-order valence-electron chi connectivity index (χ3n) is 3.38. The smallest absolute Gasteiger partial charge is 0.270 e. The molecular weight excluding hydrogens is 248 g/mol.